The first-order chi connectivity index (χ1) is 16.5. The van der Waals surface area contributed by atoms with Crippen LogP contribution in [-0.4, -0.2) is 26.9 Å². The zero-order valence-electron chi connectivity index (χ0n) is 19.2. The Bertz CT molecular complexity index is 1580. The zero-order chi connectivity index (χ0) is 23.8. The molecule has 2 heterocycles. The molecule has 0 radical (unpaired) electrons. The van der Waals surface area contributed by atoms with Crippen molar-refractivity contribution in [1.82, 2.24) is 14.3 Å². The lowest BCUT2D eigenvalue weighted by Crippen LogP contribution is -2.27. The number of para-hydroxylation sites is 1. The summed E-state index contributed by atoms with van der Waals surface area (Å²) < 4.78 is 8.61. The fraction of sp³-hybridized carbons (Fsp3) is 0.148. The van der Waals surface area contributed by atoms with Gasteiger partial charge in [0, 0.05) is 29.0 Å². The quantitative estimate of drug-likeness (QED) is 0.414. The van der Waals surface area contributed by atoms with Crippen LogP contribution in [0.5, 0.6) is 5.75 Å². The molecule has 0 saturated carbocycles. The van der Waals surface area contributed by atoms with Gasteiger partial charge in [-0.1, -0.05) is 35.9 Å². The zero-order valence-corrected chi connectivity index (χ0v) is 19.2. The second-order valence-corrected chi connectivity index (χ2v) is 8.11. The van der Waals surface area contributed by atoms with Gasteiger partial charge in [0.15, 0.2) is 5.69 Å². The van der Waals surface area contributed by atoms with Crippen LogP contribution in [0.4, 0.5) is 5.69 Å². The van der Waals surface area contributed by atoms with Gasteiger partial charge in [-0.3, -0.25) is 9.59 Å². The average Bonchev–Trinajstić information content (AvgIpc) is 3.15. The van der Waals surface area contributed by atoms with Crippen molar-refractivity contribution in [3.63, 3.8) is 0 Å². The molecule has 0 spiro atoms. The number of nitrogens with one attached hydrogen (secondary N) is 1. The molecule has 0 fully saturated rings. The summed E-state index contributed by atoms with van der Waals surface area (Å²) in [5.74, 6) is 0.328. The Balaban J connectivity index is 1.71. The Hall–Kier alpha value is -4.39. The fourth-order valence-corrected chi connectivity index (χ4v) is 4.19. The van der Waals surface area contributed by atoms with Crippen molar-refractivity contribution in [2.45, 2.75) is 13.8 Å². The lowest BCUT2D eigenvalue weighted by Gasteiger charge is -2.11. The lowest BCUT2D eigenvalue weighted by molar-refractivity contribution is 0.102. The standard InChI is InChI=1S/C27H24N4O3/c1-4-34-20-15-11-18(12-16-20)28-26(32)24-23-21-7-5-6-8-22(21)30(3)25(23)27(33)31(29-24)19-13-9-17(2)10-14-19/h5-16H,4H2,1-3H3,(H,28,32). The van der Waals surface area contributed by atoms with E-state index in [0.29, 0.717) is 28.9 Å². The predicted octanol–water partition coefficient (Wildman–Crippen LogP) is 4.84. The van der Waals surface area contributed by atoms with Crippen molar-refractivity contribution in [3.8, 4) is 11.4 Å². The maximum atomic E-state index is 13.6. The van der Waals surface area contributed by atoms with Crippen molar-refractivity contribution < 1.29 is 9.53 Å². The summed E-state index contributed by atoms with van der Waals surface area (Å²) in [4.78, 5) is 27.1. The van der Waals surface area contributed by atoms with Crippen LogP contribution in [0.2, 0.25) is 0 Å². The minimum absolute atomic E-state index is 0.181. The van der Waals surface area contributed by atoms with Crippen LogP contribution < -0.4 is 15.6 Å². The number of fused-ring (bicyclic) bond motifs is 3. The van der Waals surface area contributed by atoms with E-state index in [9.17, 15) is 9.59 Å². The average molecular weight is 453 g/mol. The number of benzene rings is 3. The van der Waals surface area contributed by atoms with E-state index in [0.717, 1.165) is 22.2 Å². The smallest absolute Gasteiger partial charge is 0.296 e. The Morgan fingerprint density at radius 1 is 1.00 bits per heavy atom. The molecule has 5 aromatic rings. The van der Waals surface area contributed by atoms with E-state index in [1.54, 1.807) is 24.3 Å². The van der Waals surface area contributed by atoms with Gasteiger partial charge in [0.05, 0.1) is 12.3 Å². The molecule has 0 saturated heterocycles. The van der Waals surface area contributed by atoms with Gasteiger partial charge in [-0.25, -0.2) is 0 Å². The molecule has 0 aliphatic carbocycles. The van der Waals surface area contributed by atoms with Gasteiger partial charge in [-0.15, -0.1) is 0 Å². The van der Waals surface area contributed by atoms with Crippen molar-refractivity contribution >= 4 is 33.4 Å². The fourth-order valence-electron chi connectivity index (χ4n) is 4.19. The molecule has 2 aromatic heterocycles. The number of carbonyl (C=O) groups excluding carboxylic acids is 1. The van der Waals surface area contributed by atoms with Crippen LogP contribution in [0.1, 0.15) is 23.0 Å². The van der Waals surface area contributed by atoms with Crippen molar-refractivity contribution in [2.75, 3.05) is 11.9 Å². The van der Waals surface area contributed by atoms with Gasteiger partial charge >= 0.3 is 0 Å². The van der Waals surface area contributed by atoms with E-state index in [4.69, 9.17) is 4.74 Å². The summed E-state index contributed by atoms with van der Waals surface area (Å²) in [6.07, 6.45) is 0. The third-order valence-corrected chi connectivity index (χ3v) is 5.86. The maximum Gasteiger partial charge on any atom is 0.296 e. The minimum atomic E-state index is -0.397. The van der Waals surface area contributed by atoms with E-state index in [2.05, 4.69) is 10.4 Å². The summed E-state index contributed by atoms with van der Waals surface area (Å²) in [6.45, 7) is 4.46. The number of rotatable bonds is 5. The summed E-state index contributed by atoms with van der Waals surface area (Å²) in [5.41, 5.74) is 3.45. The molecular weight excluding hydrogens is 428 g/mol. The van der Waals surface area contributed by atoms with Crippen molar-refractivity contribution in [1.29, 1.82) is 0 Å². The highest BCUT2D eigenvalue weighted by Crippen LogP contribution is 2.29. The van der Waals surface area contributed by atoms with Gasteiger partial charge in [0.2, 0.25) is 0 Å². The van der Waals surface area contributed by atoms with E-state index in [1.165, 1.54) is 4.68 Å². The molecule has 170 valence electrons. The summed E-state index contributed by atoms with van der Waals surface area (Å²) >= 11 is 0. The number of ether oxygens (including phenoxy) is 1. The summed E-state index contributed by atoms with van der Waals surface area (Å²) in [7, 11) is 1.83. The monoisotopic (exact) mass is 452 g/mol. The number of hydrogen-bond acceptors (Lipinski definition) is 4. The number of nitrogens with zero attached hydrogens (tertiary/aromatic N) is 3. The van der Waals surface area contributed by atoms with Crippen molar-refractivity contribution in [3.05, 3.63) is 94.4 Å². The Labute approximate surface area is 196 Å². The largest absolute Gasteiger partial charge is 0.494 e. The Morgan fingerprint density at radius 3 is 2.41 bits per heavy atom. The third kappa shape index (κ3) is 3.61. The Morgan fingerprint density at radius 2 is 1.71 bits per heavy atom. The molecule has 7 heteroatoms. The molecule has 0 bridgehead atoms. The third-order valence-electron chi connectivity index (χ3n) is 5.86. The summed E-state index contributed by atoms with van der Waals surface area (Å²) in [6, 6.07) is 22.3. The Kier molecular flexibility index (Phi) is 5.37. The van der Waals surface area contributed by atoms with Gasteiger partial charge in [-0.05, 0) is 56.3 Å². The topological polar surface area (TPSA) is 78.2 Å². The van der Waals surface area contributed by atoms with Gasteiger partial charge < -0.3 is 14.6 Å². The number of carbonyl (C=O) groups is 1. The van der Waals surface area contributed by atoms with Crippen molar-refractivity contribution in [2.24, 2.45) is 7.05 Å². The number of aryl methyl sites for hydroxylation is 2. The molecule has 0 aliphatic rings. The van der Waals surface area contributed by atoms with Gasteiger partial charge in [0.25, 0.3) is 11.5 Å². The minimum Gasteiger partial charge on any atom is -0.494 e. The van der Waals surface area contributed by atoms with E-state index >= 15 is 0 Å². The first-order valence-electron chi connectivity index (χ1n) is 11.1. The molecule has 0 atom stereocenters. The first kappa shape index (κ1) is 21.5. The number of aromatic nitrogens is 3. The molecule has 0 unspecified atom stereocenters. The second-order valence-electron chi connectivity index (χ2n) is 8.11. The maximum absolute atomic E-state index is 13.6. The SMILES string of the molecule is CCOc1ccc(NC(=O)c2nn(-c3ccc(C)cc3)c(=O)c3c2c2ccccc2n3C)cc1. The van der Waals surface area contributed by atoms with Gasteiger partial charge in [0.1, 0.15) is 11.3 Å². The molecule has 7 nitrogen and oxygen atoms in total. The second kappa shape index (κ2) is 8.51. The highest BCUT2D eigenvalue weighted by molar-refractivity contribution is 6.19. The molecular formula is C27H24N4O3. The van der Waals surface area contributed by atoms with Crippen LogP contribution in [-0.2, 0) is 7.05 Å². The van der Waals surface area contributed by atoms with E-state index in [1.807, 2.05) is 74.0 Å². The molecule has 1 amide bonds. The predicted molar refractivity (Wildman–Crippen MR) is 134 cm³/mol. The molecule has 34 heavy (non-hydrogen) atoms. The molecule has 0 aliphatic heterocycles. The molecule has 3 aromatic carbocycles. The van der Waals surface area contributed by atoms with Crippen LogP contribution in [0, 0.1) is 6.92 Å². The first-order valence-corrected chi connectivity index (χ1v) is 11.1. The highest BCUT2D eigenvalue weighted by Gasteiger charge is 2.23. The highest BCUT2D eigenvalue weighted by atomic mass is 16.5. The van der Waals surface area contributed by atoms with E-state index < -0.39 is 5.91 Å². The van der Waals surface area contributed by atoms with Crippen LogP contribution in [0.3, 0.4) is 0 Å². The lowest BCUT2D eigenvalue weighted by atomic mass is 10.1. The van der Waals surface area contributed by atoms with Crippen LogP contribution >= 0.6 is 0 Å². The summed E-state index contributed by atoms with van der Waals surface area (Å²) in [5, 5.41) is 8.82. The molecule has 1 N–H and O–H groups in total. The number of amides is 1. The number of hydrogen-bond donors (Lipinski definition) is 1. The van der Waals surface area contributed by atoms with Crippen LogP contribution in [0.25, 0.3) is 27.5 Å². The number of anilines is 1. The van der Waals surface area contributed by atoms with Crippen LogP contribution in [0.15, 0.2) is 77.6 Å². The van der Waals surface area contributed by atoms with E-state index in [-0.39, 0.29) is 11.3 Å². The molecule has 5 rings (SSSR count). The normalized spacial score (nSPS) is 11.1. The van der Waals surface area contributed by atoms with Gasteiger partial charge in [-0.2, -0.15) is 9.78 Å².